The van der Waals surface area contributed by atoms with Crippen LogP contribution in [-0.2, 0) is 10.2 Å². The number of aliphatic carboxylic acids is 1. The number of carboxylic acids is 1. The normalized spacial score (nSPS) is 11.7. The highest BCUT2D eigenvalue weighted by Crippen LogP contribution is 2.33. The lowest BCUT2D eigenvalue weighted by Crippen LogP contribution is -2.21. The Morgan fingerprint density at radius 2 is 2.22 bits per heavy atom. The Balaban J connectivity index is 2.27. The maximum atomic E-state index is 10.8. The van der Waals surface area contributed by atoms with Gasteiger partial charge in [-0.3, -0.25) is 4.79 Å². The molecule has 0 radical (unpaired) electrons. The molecule has 2 aromatic heterocycles. The summed E-state index contributed by atoms with van der Waals surface area (Å²) in [6.45, 7) is 5.65. The number of carbonyl (C=O) groups is 1. The summed E-state index contributed by atoms with van der Waals surface area (Å²) in [6.07, 6.45) is 0.0666. The van der Waals surface area contributed by atoms with Crippen molar-refractivity contribution in [3.8, 4) is 11.5 Å². The average Bonchev–Trinajstić information content (AvgIpc) is 2.83. The minimum atomic E-state index is -0.814. The van der Waals surface area contributed by atoms with E-state index in [0.717, 1.165) is 22.2 Å². The second-order valence-electron chi connectivity index (χ2n) is 4.90. The fourth-order valence-corrected chi connectivity index (χ4v) is 2.66. The zero-order chi connectivity index (χ0) is 13.3. The molecule has 0 aliphatic rings. The number of aryl methyl sites for hydroxylation is 1. The van der Waals surface area contributed by atoms with E-state index in [1.54, 1.807) is 0 Å². The first-order valence-electron chi connectivity index (χ1n) is 5.63. The molecule has 2 aromatic rings. The largest absolute Gasteiger partial charge is 0.481 e. The topological polar surface area (TPSA) is 63.3 Å². The lowest BCUT2D eigenvalue weighted by Gasteiger charge is -2.18. The quantitative estimate of drug-likeness (QED) is 0.919. The van der Waals surface area contributed by atoms with E-state index in [4.69, 9.17) is 9.52 Å². The lowest BCUT2D eigenvalue weighted by molar-refractivity contribution is -0.138. The third kappa shape index (κ3) is 2.61. The summed E-state index contributed by atoms with van der Waals surface area (Å²) in [4.78, 5) is 15.3. The molecule has 0 amide bonds. The number of thiazole rings is 1. The number of furan rings is 1. The van der Waals surface area contributed by atoms with Gasteiger partial charge in [-0.25, -0.2) is 4.98 Å². The van der Waals surface area contributed by atoms with Gasteiger partial charge >= 0.3 is 5.97 Å². The van der Waals surface area contributed by atoms with Crippen molar-refractivity contribution in [2.75, 3.05) is 0 Å². The molecule has 0 spiro atoms. The SMILES string of the molecule is Cc1ccc(-c2csc(C(C)(C)CC(=O)O)n2)o1. The smallest absolute Gasteiger partial charge is 0.304 e. The minimum absolute atomic E-state index is 0.0666. The van der Waals surface area contributed by atoms with Crippen molar-refractivity contribution in [1.82, 2.24) is 4.98 Å². The van der Waals surface area contributed by atoms with Gasteiger partial charge in [0.05, 0.1) is 11.4 Å². The van der Waals surface area contributed by atoms with Crippen molar-refractivity contribution in [2.24, 2.45) is 0 Å². The molecule has 1 N–H and O–H groups in total. The van der Waals surface area contributed by atoms with Crippen molar-refractivity contribution >= 4 is 17.3 Å². The highest BCUT2D eigenvalue weighted by atomic mass is 32.1. The van der Waals surface area contributed by atoms with Crippen LogP contribution >= 0.6 is 11.3 Å². The molecule has 0 aromatic carbocycles. The van der Waals surface area contributed by atoms with Crippen molar-refractivity contribution in [2.45, 2.75) is 32.6 Å². The first kappa shape index (κ1) is 12.8. The van der Waals surface area contributed by atoms with E-state index in [1.807, 2.05) is 38.3 Å². The molecule has 0 aliphatic carbocycles. The van der Waals surface area contributed by atoms with Crippen LogP contribution in [0.4, 0.5) is 0 Å². The van der Waals surface area contributed by atoms with Gasteiger partial charge in [-0.2, -0.15) is 0 Å². The summed E-state index contributed by atoms with van der Waals surface area (Å²) in [5.74, 6) is 0.746. The Bertz CT molecular complexity index is 568. The fraction of sp³-hybridized carbons (Fsp3) is 0.385. The zero-order valence-corrected chi connectivity index (χ0v) is 11.4. The van der Waals surface area contributed by atoms with Gasteiger partial charge in [0.1, 0.15) is 11.5 Å². The van der Waals surface area contributed by atoms with Crippen LogP contribution in [0.25, 0.3) is 11.5 Å². The maximum Gasteiger partial charge on any atom is 0.304 e. The van der Waals surface area contributed by atoms with Crippen molar-refractivity contribution in [1.29, 1.82) is 0 Å². The molecule has 96 valence electrons. The van der Waals surface area contributed by atoms with Gasteiger partial charge < -0.3 is 9.52 Å². The van der Waals surface area contributed by atoms with Crippen LogP contribution in [0.2, 0.25) is 0 Å². The Morgan fingerprint density at radius 3 is 2.78 bits per heavy atom. The molecule has 2 rings (SSSR count). The van der Waals surface area contributed by atoms with E-state index in [2.05, 4.69) is 4.98 Å². The Labute approximate surface area is 109 Å². The molecule has 18 heavy (non-hydrogen) atoms. The minimum Gasteiger partial charge on any atom is -0.481 e. The number of aromatic nitrogens is 1. The summed E-state index contributed by atoms with van der Waals surface area (Å²) in [5, 5.41) is 11.6. The van der Waals surface area contributed by atoms with E-state index >= 15 is 0 Å². The van der Waals surface area contributed by atoms with Gasteiger partial charge in [0.25, 0.3) is 0 Å². The number of hydrogen-bond acceptors (Lipinski definition) is 4. The van der Waals surface area contributed by atoms with Crippen molar-refractivity contribution < 1.29 is 14.3 Å². The predicted molar refractivity (Wildman–Crippen MR) is 69.8 cm³/mol. The van der Waals surface area contributed by atoms with Crippen LogP contribution in [0, 0.1) is 6.92 Å². The summed E-state index contributed by atoms with van der Waals surface area (Å²) in [7, 11) is 0. The molecule has 5 heteroatoms. The fourth-order valence-electron chi connectivity index (χ4n) is 1.72. The summed E-state index contributed by atoms with van der Waals surface area (Å²) in [6, 6.07) is 3.76. The maximum absolute atomic E-state index is 10.8. The lowest BCUT2D eigenvalue weighted by atomic mass is 9.90. The number of hydrogen-bond donors (Lipinski definition) is 1. The Kier molecular flexibility index (Phi) is 3.26. The highest BCUT2D eigenvalue weighted by Gasteiger charge is 2.27. The Hall–Kier alpha value is -1.62. The standard InChI is InChI=1S/C13H15NO3S/c1-8-4-5-10(17-8)9-7-18-12(14-9)13(2,3)6-11(15)16/h4-5,7H,6H2,1-3H3,(H,15,16). The van der Waals surface area contributed by atoms with Gasteiger partial charge in [0.15, 0.2) is 5.76 Å². The monoisotopic (exact) mass is 265 g/mol. The van der Waals surface area contributed by atoms with Crippen LogP contribution in [0.15, 0.2) is 21.9 Å². The second-order valence-corrected chi connectivity index (χ2v) is 5.76. The molecule has 0 bridgehead atoms. The molecule has 0 fully saturated rings. The van der Waals surface area contributed by atoms with Gasteiger partial charge in [-0.1, -0.05) is 13.8 Å². The van der Waals surface area contributed by atoms with Crippen molar-refractivity contribution in [3.05, 3.63) is 28.3 Å². The summed E-state index contributed by atoms with van der Waals surface area (Å²) >= 11 is 1.47. The molecule has 0 saturated heterocycles. The molecular formula is C13H15NO3S. The van der Waals surface area contributed by atoms with E-state index < -0.39 is 11.4 Å². The first-order valence-corrected chi connectivity index (χ1v) is 6.51. The number of carboxylic acid groups (broad SMARTS) is 1. The first-order chi connectivity index (χ1) is 8.38. The average molecular weight is 265 g/mol. The number of rotatable bonds is 4. The third-order valence-electron chi connectivity index (χ3n) is 2.67. The summed E-state index contributed by atoms with van der Waals surface area (Å²) in [5.41, 5.74) is 0.303. The molecule has 4 nitrogen and oxygen atoms in total. The summed E-state index contributed by atoms with van der Waals surface area (Å²) < 4.78 is 5.50. The van der Waals surface area contributed by atoms with E-state index in [9.17, 15) is 4.79 Å². The van der Waals surface area contributed by atoms with Crippen LogP contribution < -0.4 is 0 Å². The molecule has 0 aliphatic heterocycles. The number of nitrogens with zero attached hydrogens (tertiary/aromatic N) is 1. The van der Waals surface area contributed by atoms with E-state index in [-0.39, 0.29) is 6.42 Å². The van der Waals surface area contributed by atoms with E-state index in [0.29, 0.717) is 0 Å². The molecule has 2 heterocycles. The molecular weight excluding hydrogens is 250 g/mol. The van der Waals surface area contributed by atoms with Crippen LogP contribution in [-0.4, -0.2) is 16.1 Å². The molecule has 0 unspecified atom stereocenters. The van der Waals surface area contributed by atoms with Gasteiger partial charge in [0, 0.05) is 10.8 Å². The van der Waals surface area contributed by atoms with Crippen LogP contribution in [0.1, 0.15) is 31.0 Å². The van der Waals surface area contributed by atoms with Gasteiger partial charge in [0.2, 0.25) is 0 Å². The molecule has 0 saturated carbocycles. The van der Waals surface area contributed by atoms with Crippen LogP contribution in [0.3, 0.4) is 0 Å². The van der Waals surface area contributed by atoms with Crippen molar-refractivity contribution in [3.63, 3.8) is 0 Å². The van der Waals surface area contributed by atoms with Crippen LogP contribution in [0.5, 0.6) is 0 Å². The molecule has 0 atom stereocenters. The third-order valence-corrected chi connectivity index (χ3v) is 3.88. The van der Waals surface area contributed by atoms with Gasteiger partial charge in [-0.15, -0.1) is 11.3 Å². The zero-order valence-electron chi connectivity index (χ0n) is 10.6. The Morgan fingerprint density at radius 1 is 1.50 bits per heavy atom. The van der Waals surface area contributed by atoms with Gasteiger partial charge in [-0.05, 0) is 19.1 Å². The highest BCUT2D eigenvalue weighted by molar-refractivity contribution is 7.10. The second kappa shape index (κ2) is 4.57. The van der Waals surface area contributed by atoms with E-state index in [1.165, 1.54) is 11.3 Å². The predicted octanol–water partition coefficient (Wildman–Crippen LogP) is 3.46.